The van der Waals surface area contributed by atoms with Crippen molar-refractivity contribution in [3.05, 3.63) is 41.7 Å². The van der Waals surface area contributed by atoms with Crippen molar-refractivity contribution in [3.8, 4) is 6.07 Å². The highest BCUT2D eigenvalue weighted by atomic mass is 19.1. The van der Waals surface area contributed by atoms with Crippen LogP contribution in [0.3, 0.4) is 0 Å². The third-order valence-electron chi connectivity index (χ3n) is 5.84. The molecule has 2 N–H and O–H groups in total. The smallest absolute Gasteiger partial charge is 0.408 e. The summed E-state index contributed by atoms with van der Waals surface area (Å²) in [5.74, 6) is -0.456. The summed E-state index contributed by atoms with van der Waals surface area (Å²) in [6.07, 6.45) is 0.523. The summed E-state index contributed by atoms with van der Waals surface area (Å²) in [5, 5.41) is 20.9. The quantitative estimate of drug-likeness (QED) is 0.619. The number of hydrogen-bond acceptors (Lipinski definition) is 3. The summed E-state index contributed by atoms with van der Waals surface area (Å²) in [6, 6.07) is 10.7. The minimum atomic E-state index is -0.966. The van der Waals surface area contributed by atoms with Crippen LogP contribution >= 0.6 is 0 Å². The molecule has 0 unspecified atom stereocenters. The van der Waals surface area contributed by atoms with Crippen LogP contribution in [0.15, 0.2) is 30.3 Å². The van der Waals surface area contributed by atoms with Crippen molar-refractivity contribution < 1.29 is 14.3 Å². The predicted molar refractivity (Wildman–Crippen MR) is 115 cm³/mol. The highest BCUT2D eigenvalue weighted by Gasteiger charge is 2.37. The molecule has 7 heteroatoms. The number of anilines is 1. The summed E-state index contributed by atoms with van der Waals surface area (Å²) in [7, 11) is 0. The average molecular weight is 408 g/mol. The molecule has 3 aromatic rings. The van der Waals surface area contributed by atoms with Gasteiger partial charge < -0.3 is 15.0 Å². The van der Waals surface area contributed by atoms with Crippen LogP contribution in [-0.2, 0) is 0 Å². The summed E-state index contributed by atoms with van der Waals surface area (Å²) < 4.78 is 15.3. The maximum absolute atomic E-state index is 15.3. The number of nitrogens with zero attached hydrogens (tertiary/aromatic N) is 3. The third kappa shape index (κ3) is 3.22. The first-order chi connectivity index (χ1) is 14.2. The van der Waals surface area contributed by atoms with Gasteiger partial charge in [-0.25, -0.2) is 9.18 Å². The molecule has 0 radical (unpaired) electrons. The SMILES string of the molecule is CC(C)(C)N(C(=O)O)[C@H]1CCCN(c2c(F)cc(C#N)c3[nH]c4ccccc4c23)C1. The molecular weight excluding hydrogens is 383 g/mol. The van der Waals surface area contributed by atoms with Gasteiger partial charge in [0, 0.05) is 34.9 Å². The van der Waals surface area contributed by atoms with E-state index in [4.69, 9.17) is 0 Å². The molecule has 6 nitrogen and oxygen atoms in total. The fraction of sp³-hybridized carbons (Fsp3) is 0.391. The molecule has 1 saturated heterocycles. The van der Waals surface area contributed by atoms with E-state index in [1.807, 2.05) is 49.9 Å². The average Bonchev–Trinajstić information content (AvgIpc) is 3.05. The molecule has 2 aromatic carbocycles. The molecule has 1 aromatic heterocycles. The zero-order valence-corrected chi connectivity index (χ0v) is 17.4. The van der Waals surface area contributed by atoms with Gasteiger partial charge in [-0.05, 0) is 45.7 Å². The second-order valence-electron chi connectivity index (χ2n) is 8.85. The van der Waals surface area contributed by atoms with E-state index in [9.17, 15) is 15.2 Å². The Morgan fingerprint density at radius 1 is 1.37 bits per heavy atom. The molecule has 30 heavy (non-hydrogen) atoms. The molecule has 0 saturated carbocycles. The van der Waals surface area contributed by atoms with Crippen LogP contribution in [0.2, 0.25) is 0 Å². The van der Waals surface area contributed by atoms with E-state index in [1.54, 1.807) is 0 Å². The van der Waals surface area contributed by atoms with Gasteiger partial charge >= 0.3 is 6.09 Å². The molecular formula is C23H25FN4O2. The Morgan fingerprint density at radius 2 is 2.10 bits per heavy atom. The Morgan fingerprint density at radius 3 is 2.77 bits per heavy atom. The number of carboxylic acid groups (broad SMARTS) is 1. The lowest BCUT2D eigenvalue weighted by molar-refractivity contribution is 0.0648. The summed E-state index contributed by atoms with van der Waals surface area (Å²) in [5.41, 5.74) is 1.59. The molecule has 1 atom stereocenters. The third-order valence-corrected chi connectivity index (χ3v) is 5.84. The second kappa shape index (κ2) is 7.21. The lowest BCUT2D eigenvalue weighted by Crippen LogP contribution is -2.57. The van der Waals surface area contributed by atoms with Gasteiger partial charge in [-0.1, -0.05) is 18.2 Å². The fourth-order valence-corrected chi connectivity index (χ4v) is 4.73. The fourth-order valence-electron chi connectivity index (χ4n) is 4.73. The van der Waals surface area contributed by atoms with E-state index >= 15 is 4.39 Å². The molecule has 0 spiro atoms. The Hall–Kier alpha value is -3.27. The number of hydrogen-bond donors (Lipinski definition) is 2. The summed E-state index contributed by atoms with van der Waals surface area (Å²) >= 11 is 0. The number of piperidine rings is 1. The normalized spacial score (nSPS) is 17.3. The molecule has 2 heterocycles. The van der Waals surface area contributed by atoms with Crippen molar-refractivity contribution in [3.63, 3.8) is 0 Å². The first-order valence-electron chi connectivity index (χ1n) is 10.1. The molecule has 1 aliphatic heterocycles. The number of H-pyrrole nitrogens is 1. The van der Waals surface area contributed by atoms with Crippen molar-refractivity contribution in [1.82, 2.24) is 9.88 Å². The van der Waals surface area contributed by atoms with Gasteiger partial charge in [-0.3, -0.25) is 4.90 Å². The van der Waals surface area contributed by atoms with E-state index in [1.165, 1.54) is 11.0 Å². The largest absolute Gasteiger partial charge is 0.465 e. The van der Waals surface area contributed by atoms with Gasteiger partial charge in [-0.2, -0.15) is 5.26 Å². The van der Waals surface area contributed by atoms with E-state index in [-0.39, 0.29) is 11.6 Å². The number of halogens is 1. The first-order valence-corrected chi connectivity index (χ1v) is 10.1. The molecule has 1 fully saturated rings. The van der Waals surface area contributed by atoms with Gasteiger partial charge in [0.15, 0.2) is 0 Å². The molecule has 156 valence electrons. The zero-order valence-electron chi connectivity index (χ0n) is 17.4. The number of aromatic nitrogens is 1. The molecule has 0 aliphatic carbocycles. The standard InChI is InChI=1S/C23H25FN4O2/c1-23(2,3)28(22(29)30)15-7-6-10-27(13-15)21-17(24)11-14(12-25)20-19(21)16-8-4-5-9-18(16)26-20/h4-5,8-9,11,15,26H,6-7,10,13H2,1-3H3,(H,29,30)/t15-/m0/s1. The monoisotopic (exact) mass is 408 g/mol. The molecule has 0 bridgehead atoms. The second-order valence-corrected chi connectivity index (χ2v) is 8.85. The van der Waals surface area contributed by atoms with E-state index in [2.05, 4.69) is 11.1 Å². The zero-order chi connectivity index (χ0) is 21.6. The number of nitrogens with one attached hydrogen (secondary N) is 1. The van der Waals surface area contributed by atoms with Crippen molar-refractivity contribution in [2.24, 2.45) is 0 Å². The van der Waals surface area contributed by atoms with Crippen molar-refractivity contribution in [1.29, 1.82) is 5.26 Å². The van der Waals surface area contributed by atoms with Gasteiger partial charge in [0.05, 0.1) is 22.8 Å². The number of rotatable bonds is 2. The Kier molecular flexibility index (Phi) is 4.81. The van der Waals surface area contributed by atoms with Crippen LogP contribution in [-0.4, -0.2) is 45.8 Å². The van der Waals surface area contributed by atoms with Crippen LogP contribution in [0, 0.1) is 17.1 Å². The number of carbonyl (C=O) groups is 1. The number of amides is 1. The van der Waals surface area contributed by atoms with E-state index in [0.717, 1.165) is 23.7 Å². The minimum Gasteiger partial charge on any atom is -0.465 e. The summed E-state index contributed by atoms with van der Waals surface area (Å²) in [4.78, 5) is 18.7. The maximum atomic E-state index is 15.3. The van der Waals surface area contributed by atoms with Gasteiger partial charge in [-0.15, -0.1) is 0 Å². The molecule has 4 rings (SSSR count). The van der Waals surface area contributed by atoms with E-state index in [0.29, 0.717) is 29.7 Å². The van der Waals surface area contributed by atoms with Crippen LogP contribution in [0.5, 0.6) is 0 Å². The number of para-hydroxylation sites is 1. The van der Waals surface area contributed by atoms with Crippen molar-refractivity contribution in [2.45, 2.75) is 45.2 Å². The number of nitriles is 1. The topological polar surface area (TPSA) is 83.4 Å². The predicted octanol–water partition coefficient (Wildman–Crippen LogP) is 5.08. The number of benzene rings is 2. The lowest BCUT2D eigenvalue weighted by Gasteiger charge is -2.45. The van der Waals surface area contributed by atoms with Crippen LogP contribution in [0.1, 0.15) is 39.2 Å². The van der Waals surface area contributed by atoms with Crippen molar-refractivity contribution in [2.75, 3.05) is 18.0 Å². The Balaban J connectivity index is 1.86. The number of aromatic amines is 1. The minimum absolute atomic E-state index is 0.244. The van der Waals surface area contributed by atoms with Gasteiger partial charge in [0.25, 0.3) is 0 Å². The molecule has 1 aliphatic rings. The number of fused-ring (bicyclic) bond motifs is 3. The Labute approximate surface area is 174 Å². The van der Waals surface area contributed by atoms with Crippen LogP contribution in [0.4, 0.5) is 14.9 Å². The van der Waals surface area contributed by atoms with Gasteiger partial charge in [0.1, 0.15) is 11.9 Å². The highest BCUT2D eigenvalue weighted by Crippen LogP contribution is 2.39. The van der Waals surface area contributed by atoms with Gasteiger partial charge in [0.2, 0.25) is 0 Å². The van der Waals surface area contributed by atoms with Crippen LogP contribution in [0.25, 0.3) is 21.8 Å². The Bertz CT molecular complexity index is 1170. The highest BCUT2D eigenvalue weighted by molar-refractivity contribution is 6.15. The van der Waals surface area contributed by atoms with Crippen LogP contribution < -0.4 is 4.90 Å². The maximum Gasteiger partial charge on any atom is 0.408 e. The first kappa shape index (κ1) is 20.0. The lowest BCUT2D eigenvalue weighted by atomic mass is 9.96. The van der Waals surface area contributed by atoms with Crippen molar-refractivity contribution >= 4 is 33.6 Å². The van der Waals surface area contributed by atoms with E-state index < -0.39 is 17.4 Å². The summed E-state index contributed by atoms with van der Waals surface area (Å²) in [6.45, 7) is 6.66. The molecule has 1 amide bonds.